The van der Waals surface area contributed by atoms with E-state index in [1.165, 1.54) is 11.1 Å². The molecule has 0 spiro atoms. The summed E-state index contributed by atoms with van der Waals surface area (Å²) in [6, 6.07) is 8.30. The molecule has 1 aromatic carbocycles. The molecule has 0 radical (unpaired) electrons. The number of methoxy groups -OCH3 is 2. The first-order chi connectivity index (χ1) is 9.72. The second-order valence-corrected chi connectivity index (χ2v) is 5.60. The molecule has 1 unspecified atom stereocenters. The highest BCUT2D eigenvalue weighted by atomic mass is 32.1. The highest BCUT2D eigenvalue weighted by Crippen LogP contribution is 2.28. The number of hydrogen-bond acceptors (Lipinski definition) is 4. The van der Waals surface area contributed by atoms with Gasteiger partial charge in [-0.25, -0.2) is 0 Å². The smallest absolute Gasteiger partial charge is 0.160 e. The molecule has 2 N–H and O–H groups in total. The van der Waals surface area contributed by atoms with E-state index in [1.807, 2.05) is 18.2 Å². The monoisotopic (exact) mass is 291 g/mol. The Bertz CT molecular complexity index is 525. The van der Waals surface area contributed by atoms with E-state index < -0.39 is 0 Å². The molecule has 0 aliphatic carbocycles. The molecule has 0 aliphatic heterocycles. The Morgan fingerprint density at radius 2 is 1.90 bits per heavy atom. The first-order valence-electron chi connectivity index (χ1n) is 6.70. The Hall–Kier alpha value is -1.52. The van der Waals surface area contributed by atoms with Gasteiger partial charge < -0.3 is 15.2 Å². The summed E-state index contributed by atoms with van der Waals surface area (Å²) in [5.74, 6) is 1.51. The van der Waals surface area contributed by atoms with Crippen LogP contribution in [0, 0.1) is 0 Å². The van der Waals surface area contributed by atoms with Crippen molar-refractivity contribution in [1.82, 2.24) is 0 Å². The predicted molar refractivity (Wildman–Crippen MR) is 83.9 cm³/mol. The van der Waals surface area contributed by atoms with Crippen molar-refractivity contribution in [2.45, 2.75) is 25.3 Å². The number of thiophene rings is 1. The molecule has 0 aliphatic rings. The van der Waals surface area contributed by atoms with Crippen LogP contribution in [0.3, 0.4) is 0 Å². The molecular formula is C16H21NO2S. The molecule has 1 heterocycles. The van der Waals surface area contributed by atoms with Crippen molar-refractivity contribution in [3.8, 4) is 11.5 Å². The molecule has 4 heteroatoms. The minimum atomic E-state index is 0.160. The summed E-state index contributed by atoms with van der Waals surface area (Å²) < 4.78 is 10.6. The fourth-order valence-corrected chi connectivity index (χ4v) is 2.90. The molecule has 2 rings (SSSR count). The first kappa shape index (κ1) is 14.9. The van der Waals surface area contributed by atoms with Gasteiger partial charge >= 0.3 is 0 Å². The fourth-order valence-electron chi connectivity index (χ4n) is 2.20. The summed E-state index contributed by atoms with van der Waals surface area (Å²) in [6.45, 7) is 0. The maximum absolute atomic E-state index is 6.22. The second kappa shape index (κ2) is 7.31. The van der Waals surface area contributed by atoms with Crippen LogP contribution < -0.4 is 15.2 Å². The van der Waals surface area contributed by atoms with E-state index in [0.717, 1.165) is 30.8 Å². The maximum atomic E-state index is 6.22. The van der Waals surface area contributed by atoms with Crippen molar-refractivity contribution in [3.63, 3.8) is 0 Å². The zero-order chi connectivity index (χ0) is 14.4. The summed E-state index contributed by atoms with van der Waals surface area (Å²) >= 11 is 1.73. The van der Waals surface area contributed by atoms with Gasteiger partial charge in [0.15, 0.2) is 11.5 Å². The topological polar surface area (TPSA) is 44.5 Å². The van der Waals surface area contributed by atoms with Crippen molar-refractivity contribution >= 4 is 11.3 Å². The van der Waals surface area contributed by atoms with E-state index in [2.05, 4.69) is 16.8 Å². The average molecular weight is 291 g/mol. The minimum absolute atomic E-state index is 0.160. The number of rotatable bonds is 7. The standard InChI is InChI=1S/C16H21NO2S/c1-18-15-6-4-13(10-16(15)19-2)9-14(17)5-3-12-7-8-20-11-12/h4,6-8,10-11,14H,3,5,9,17H2,1-2H3. The Balaban J connectivity index is 1.91. The van der Waals surface area contributed by atoms with Gasteiger partial charge in [0, 0.05) is 6.04 Å². The third-order valence-electron chi connectivity index (χ3n) is 3.33. The first-order valence-corrected chi connectivity index (χ1v) is 7.64. The van der Waals surface area contributed by atoms with Gasteiger partial charge in [-0.2, -0.15) is 11.3 Å². The Morgan fingerprint density at radius 3 is 2.55 bits per heavy atom. The SMILES string of the molecule is COc1ccc(CC(N)CCc2ccsc2)cc1OC. The highest BCUT2D eigenvalue weighted by Gasteiger charge is 2.09. The quantitative estimate of drug-likeness (QED) is 0.851. The van der Waals surface area contributed by atoms with Gasteiger partial charge in [-0.05, 0) is 59.3 Å². The second-order valence-electron chi connectivity index (χ2n) is 4.82. The molecule has 108 valence electrons. The van der Waals surface area contributed by atoms with E-state index >= 15 is 0 Å². The van der Waals surface area contributed by atoms with Gasteiger partial charge in [-0.3, -0.25) is 0 Å². The lowest BCUT2D eigenvalue weighted by atomic mass is 10.0. The summed E-state index contributed by atoms with van der Waals surface area (Å²) in [5.41, 5.74) is 8.77. The van der Waals surface area contributed by atoms with Gasteiger partial charge in [0.25, 0.3) is 0 Å². The van der Waals surface area contributed by atoms with Gasteiger partial charge in [-0.15, -0.1) is 0 Å². The summed E-state index contributed by atoms with van der Waals surface area (Å²) in [7, 11) is 3.29. The molecule has 0 saturated heterocycles. The van der Waals surface area contributed by atoms with E-state index in [1.54, 1.807) is 25.6 Å². The third-order valence-corrected chi connectivity index (χ3v) is 4.06. The number of benzene rings is 1. The van der Waals surface area contributed by atoms with Gasteiger partial charge in [0.05, 0.1) is 14.2 Å². The van der Waals surface area contributed by atoms with Crippen molar-refractivity contribution in [2.75, 3.05) is 14.2 Å². The zero-order valence-electron chi connectivity index (χ0n) is 12.0. The largest absolute Gasteiger partial charge is 0.493 e. The lowest BCUT2D eigenvalue weighted by molar-refractivity contribution is 0.354. The van der Waals surface area contributed by atoms with Crippen LogP contribution in [0.25, 0.3) is 0 Å². The Labute approximate surface area is 124 Å². The normalized spacial score (nSPS) is 12.2. The summed E-state index contributed by atoms with van der Waals surface area (Å²) in [6.07, 6.45) is 2.88. The number of ether oxygens (including phenoxy) is 2. The molecule has 3 nitrogen and oxygen atoms in total. The fraction of sp³-hybridized carbons (Fsp3) is 0.375. The third kappa shape index (κ3) is 3.99. The average Bonchev–Trinajstić information content (AvgIpc) is 2.98. The lowest BCUT2D eigenvalue weighted by Gasteiger charge is -2.13. The van der Waals surface area contributed by atoms with E-state index in [0.29, 0.717) is 0 Å². The Kier molecular flexibility index (Phi) is 5.44. The van der Waals surface area contributed by atoms with Crippen LogP contribution in [0.2, 0.25) is 0 Å². The van der Waals surface area contributed by atoms with Crippen LogP contribution in [0.5, 0.6) is 11.5 Å². The van der Waals surface area contributed by atoms with Gasteiger partial charge in [0.1, 0.15) is 0 Å². The van der Waals surface area contributed by atoms with Crippen LogP contribution in [0.15, 0.2) is 35.0 Å². The Morgan fingerprint density at radius 1 is 1.10 bits per heavy atom. The van der Waals surface area contributed by atoms with Crippen LogP contribution in [0.1, 0.15) is 17.5 Å². The maximum Gasteiger partial charge on any atom is 0.160 e. The van der Waals surface area contributed by atoms with E-state index in [-0.39, 0.29) is 6.04 Å². The van der Waals surface area contributed by atoms with Crippen LogP contribution in [-0.2, 0) is 12.8 Å². The number of nitrogens with two attached hydrogens (primary N) is 1. The number of aryl methyl sites for hydroxylation is 1. The molecule has 0 bridgehead atoms. The van der Waals surface area contributed by atoms with Crippen LogP contribution >= 0.6 is 11.3 Å². The highest BCUT2D eigenvalue weighted by molar-refractivity contribution is 7.07. The van der Waals surface area contributed by atoms with E-state index in [4.69, 9.17) is 15.2 Å². The van der Waals surface area contributed by atoms with Gasteiger partial charge in [-0.1, -0.05) is 6.07 Å². The van der Waals surface area contributed by atoms with Crippen molar-refractivity contribution in [2.24, 2.45) is 5.73 Å². The molecule has 0 amide bonds. The number of hydrogen-bond donors (Lipinski definition) is 1. The molecule has 1 aromatic heterocycles. The summed E-state index contributed by atoms with van der Waals surface area (Å²) in [4.78, 5) is 0. The zero-order valence-corrected chi connectivity index (χ0v) is 12.8. The van der Waals surface area contributed by atoms with Crippen LogP contribution in [0.4, 0.5) is 0 Å². The molecule has 1 atom stereocenters. The molecule has 0 fully saturated rings. The van der Waals surface area contributed by atoms with Crippen LogP contribution in [-0.4, -0.2) is 20.3 Å². The molecule has 2 aromatic rings. The molecular weight excluding hydrogens is 270 g/mol. The van der Waals surface area contributed by atoms with Gasteiger partial charge in [0.2, 0.25) is 0 Å². The molecule has 20 heavy (non-hydrogen) atoms. The van der Waals surface area contributed by atoms with Crippen molar-refractivity contribution in [3.05, 3.63) is 46.2 Å². The molecule has 0 saturated carbocycles. The van der Waals surface area contributed by atoms with Crippen molar-refractivity contribution < 1.29 is 9.47 Å². The van der Waals surface area contributed by atoms with Crippen molar-refractivity contribution in [1.29, 1.82) is 0 Å². The lowest BCUT2D eigenvalue weighted by Crippen LogP contribution is -2.23. The minimum Gasteiger partial charge on any atom is -0.493 e. The van der Waals surface area contributed by atoms with E-state index in [9.17, 15) is 0 Å². The predicted octanol–water partition coefficient (Wildman–Crippen LogP) is 3.27. The summed E-state index contributed by atoms with van der Waals surface area (Å²) in [5, 5.41) is 4.29.